The molecule has 0 aliphatic carbocycles. The van der Waals surface area contributed by atoms with Crippen molar-refractivity contribution in [2.45, 2.75) is 52.1 Å². The first-order valence-corrected chi connectivity index (χ1v) is 10.2. The van der Waals surface area contributed by atoms with Gasteiger partial charge in [0.25, 0.3) is 16.0 Å². The summed E-state index contributed by atoms with van der Waals surface area (Å²) in [4.78, 5) is 13.5. The summed E-state index contributed by atoms with van der Waals surface area (Å²) >= 11 is 0. The highest BCUT2D eigenvalue weighted by molar-refractivity contribution is 7.86. The van der Waals surface area contributed by atoms with Crippen LogP contribution in [0.3, 0.4) is 0 Å². The Balaban J connectivity index is 2.58. The van der Waals surface area contributed by atoms with E-state index in [4.69, 9.17) is 4.18 Å². The summed E-state index contributed by atoms with van der Waals surface area (Å²) in [5.74, 6) is -0.882. The molecule has 1 aromatic rings. The van der Waals surface area contributed by atoms with Crippen LogP contribution in [-0.4, -0.2) is 34.2 Å². The summed E-state index contributed by atoms with van der Waals surface area (Å²) in [6, 6.07) is 3.72. The first-order chi connectivity index (χ1) is 12.1. The molecule has 152 valence electrons. The zero-order valence-electron chi connectivity index (χ0n) is 16.6. The third-order valence-corrected chi connectivity index (χ3v) is 5.71. The van der Waals surface area contributed by atoms with E-state index in [1.54, 1.807) is 20.8 Å². The van der Waals surface area contributed by atoms with Crippen LogP contribution in [-0.2, 0) is 24.8 Å². The molecule has 0 bridgehead atoms. The van der Waals surface area contributed by atoms with Gasteiger partial charge in [0.2, 0.25) is 5.67 Å². The summed E-state index contributed by atoms with van der Waals surface area (Å²) in [5.41, 5.74) is -3.89. The normalized spacial score (nSPS) is 20.9. The van der Waals surface area contributed by atoms with Crippen molar-refractivity contribution in [3.63, 3.8) is 0 Å². The van der Waals surface area contributed by atoms with Gasteiger partial charge < -0.3 is 4.90 Å². The number of anilines is 1. The van der Waals surface area contributed by atoms with Crippen LogP contribution in [0, 0.1) is 10.8 Å². The Kier molecular flexibility index (Phi) is 5.49. The zero-order chi connectivity index (χ0) is 20.8. The summed E-state index contributed by atoms with van der Waals surface area (Å²) in [6.07, 6.45) is 0. The summed E-state index contributed by atoms with van der Waals surface area (Å²) in [5, 5.41) is 0. The maximum atomic E-state index is 16.0. The molecule has 8 heteroatoms. The van der Waals surface area contributed by atoms with Crippen LogP contribution in [0.1, 0.15) is 47.1 Å². The van der Waals surface area contributed by atoms with Gasteiger partial charge in [0.1, 0.15) is 6.67 Å². The highest BCUT2D eigenvalue weighted by atomic mass is 32.2. The molecule has 1 aromatic carbocycles. The van der Waals surface area contributed by atoms with Gasteiger partial charge in [-0.15, -0.1) is 0 Å². The first-order valence-electron chi connectivity index (χ1n) is 8.76. The minimum absolute atomic E-state index is 0.0423. The number of halogens is 2. The Morgan fingerprint density at radius 2 is 1.74 bits per heavy atom. The number of hydrogen-bond acceptors (Lipinski definition) is 4. The van der Waals surface area contributed by atoms with E-state index < -0.39 is 33.8 Å². The SMILES string of the molecule is CC(C)(C)COS(=O)(=O)c1ccc2c(c1)C(F)(C(C)(C)C)C(=O)N2CCF. The van der Waals surface area contributed by atoms with Gasteiger partial charge in [-0.05, 0) is 23.6 Å². The average molecular weight is 403 g/mol. The lowest BCUT2D eigenvalue weighted by Gasteiger charge is -2.33. The van der Waals surface area contributed by atoms with Gasteiger partial charge in [-0.3, -0.25) is 8.98 Å². The molecule has 1 heterocycles. The Bertz CT molecular complexity index is 840. The van der Waals surface area contributed by atoms with Crippen LogP contribution in [0.4, 0.5) is 14.5 Å². The van der Waals surface area contributed by atoms with Crippen molar-refractivity contribution in [2.75, 3.05) is 24.7 Å². The molecule has 0 saturated heterocycles. The molecule has 1 amide bonds. The quantitative estimate of drug-likeness (QED) is 0.698. The number of amides is 1. The largest absolute Gasteiger partial charge is 0.306 e. The van der Waals surface area contributed by atoms with Crippen LogP contribution >= 0.6 is 0 Å². The molecule has 0 saturated carbocycles. The zero-order valence-corrected chi connectivity index (χ0v) is 17.4. The number of benzene rings is 1. The van der Waals surface area contributed by atoms with Gasteiger partial charge in [-0.2, -0.15) is 8.42 Å². The van der Waals surface area contributed by atoms with Gasteiger partial charge in [-0.25, -0.2) is 8.78 Å². The number of nitrogens with zero attached hydrogens (tertiary/aromatic N) is 1. The monoisotopic (exact) mass is 403 g/mol. The smallest absolute Gasteiger partial charge is 0.297 e. The first kappa shape index (κ1) is 21.8. The highest BCUT2D eigenvalue weighted by Crippen LogP contribution is 2.53. The van der Waals surface area contributed by atoms with E-state index in [0.29, 0.717) is 0 Å². The second-order valence-corrected chi connectivity index (χ2v) is 10.6. The van der Waals surface area contributed by atoms with Crippen LogP contribution in [0.15, 0.2) is 23.1 Å². The molecular weight excluding hydrogens is 376 g/mol. The third kappa shape index (κ3) is 3.87. The number of carbonyl (C=O) groups excluding carboxylic acids is 1. The summed E-state index contributed by atoms with van der Waals surface area (Å²) < 4.78 is 59.0. The van der Waals surface area contributed by atoms with E-state index in [-0.39, 0.29) is 34.7 Å². The van der Waals surface area contributed by atoms with Crippen molar-refractivity contribution in [1.82, 2.24) is 0 Å². The number of alkyl halides is 2. The van der Waals surface area contributed by atoms with E-state index in [1.807, 2.05) is 20.8 Å². The molecular formula is C19H27F2NO4S. The van der Waals surface area contributed by atoms with Crippen LogP contribution < -0.4 is 4.90 Å². The molecule has 0 spiro atoms. The van der Waals surface area contributed by atoms with Gasteiger partial charge in [0.15, 0.2) is 0 Å². The van der Waals surface area contributed by atoms with Crippen molar-refractivity contribution < 1.29 is 26.2 Å². The minimum Gasteiger partial charge on any atom is -0.306 e. The van der Waals surface area contributed by atoms with Gasteiger partial charge in [0, 0.05) is 11.0 Å². The van der Waals surface area contributed by atoms with E-state index in [1.165, 1.54) is 12.1 Å². The summed E-state index contributed by atoms with van der Waals surface area (Å²) in [6.45, 7) is 8.95. The van der Waals surface area contributed by atoms with E-state index in [0.717, 1.165) is 11.0 Å². The number of fused-ring (bicyclic) bond motifs is 1. The van der Waals surface area contributed by atoms with Gasteiger partial charge in [0.05, 0.1) is 23.7 Å². The fourth-order valence-corrected chi connectivity index (χ4v) is 4.09. The fraction of sp³-hybridized carbons (Fsp3) is 0.632. The van der Waals surface area contributed by atoms with Crippen molar-refractivity contribution in [2.24, 2.45) is 10.8 Å². The number of carbonyl (C=O) groups is 1. The molecule has 2 rings (SSSR count). The number of hydrogen-bond donors (Lipinski definition) is 0. The van der Waals surface area contributed by atoms with Gasteiger partial charge in [-0.1, -0.05) is 41.5 Å². The van der Waals surface area contributed by atoms with Crippen molar-refractivity contribution >= 4 is 21.7 Å². The molecule has 1 unspecified atom stereocenters. The van der Waals surface area contributed by atoms with Crippen LogP contribution in [0.5, 0.6) is 0 Å². The Labute approximate surface area is 159 Å². The Hall–Kier alpha value is -1.54. The Morgan fingerprint density at radius 3 is 2.22 bits per heavy atom. The molecule has 0 aromatic heterocycles. The van der Waals surface area contributed by atoms with E-state index >= 15 is 4.39 Å². The minimum atomic E-state index is -4.13. The maximum Gasteiger partial charge on any atom is 0.297 e. The lowest BCUT2D eigenvalue weighted by Crippen LogP contribution is -2.46. The maximum absolute atomic E-state index is 16.0. The van der Waals surface area contributed by atoms with Crippen LogP contribution in [0.2, 0.25) is 0 Å². The van der Waals surface area contributed by atoms with E-state index in [9.17, 15) is 17.6 Å². The molecule has 1 aliphatic heterocycles. The van der Waals surface area contributed by atoms with Gasteiger partial charge >= 0.3 is 0 Å². The molecule has 5 nitrogen and oxygen atoms in total. The standard InChI is InChI=1S/C19H27F2NO4S/c1-17(2,3)12-26-27(24,25)13-7-8-15-14(11-13)19(21,18(4,5)6)16(23)22(15)10-9-20/h7-8,11H,9-10,12H2,1-6H3. The van der Waals surface area contributed by atoms with Crippen molar-refractivity contribution in [3.05, 3.63) is 23.8 Å². The fourth-order valence-electron chi connectivity index (χ4n) is 2.95. The van der Waals surface area contributed by atoms with Crippen molar-refractivity contribution in [1.29, 1.82) is 0 Å². The predicted octanol–water partition coefficient (Wildman–Crippen LogP) is 3.97. The predicted molar refractivity (Wildman–Crippen MR) is 99.6 cm³/mol. The molecule has 1 atom stereocenters. The third-order valence-electron chi connectivity index (χ3n) is 4.45. The summed E-state index contributed by atoms with van der Waals surface area (Å²) in [7, 11) is -4.13. The molecule has 0 N–H and O–H groups in total. The molecule has 0 fully saturated rings. The lowest BCUT2D eigenvalue weighted by molar-refractivity contribution is -0.136. The molecule has 27 heavy (non-hydrogen) atoms. The lowest BCUT2D eigenvalue weighted by atomic mass is 9.74. The number of rotatable bonds is 5. The highest BCUT2D eigenvalue weighted by Gasteiger charge is 2.59. The van der Waals surface area contributed by atoms with Crippen molar-refractivity contribution in [3.8, 4) is 0 Å². The average Bonchev–Trinajstić information content (AvgIpc) is 2.75. The second kappa shape index (κ2) is 6.81. The topological polar surface area (TPSA) is 63.7 Å². The Morgan fingerprint density at radius 1 is 1.15 bits per heavy atom. The molecule has 1 aliphatic rings. The molecule has 0 radical (unpaired) electrons. The van der Waals surface area contributed by atoms with Crippen LogP contribution in [0.25, 0.3) is 0 Å². The second-order valence-electron chi connectivity index (χ2n) is 9.01. The van der Waals surface area contributed by atoms with E-state index in [2.05, 4.69) is 0 Å².